The quantitative estimate of drug-likeness (QED) is 0.297. The zero-order chi connectivity index (χ0) is 22.6. The fourth-order valence-electron chi connectivity index (χ4n) is 3.47. The molecule has 0 amide bonds. The van der Waals surface area contributed by atoms with Gasteiger partial charge in [-0.1, -0.05) is 20.4 Å². The summed E-state index contributed by atoms with van der Waals surface area (Å²) in [7, 11) is 0. The molecule has 1 aliphatic heterocycles. The highest BCUT2D eigenvalue weighted by Crippen LogP contribution is 2.36. The Hall–Kier alpha value is -2.45. The zero-order valence-corrected chi connectivity index (χ0v) is 17.8. The van der Waals surface area contributed by atoms with E-state index in [-0.39, 0.29) is 23.5 Å². The molecule has 30 heavy (non-hydrogen) atoms. The van der Waals surface area contributed by atoms with Crippen molar-refractivity contribution >= 4 is 17.9 Å². The molecule has 0 spiro atoms. The highest BCUT2D eigenvalue weighted by Gasteiger charge is 2.45. The number of rotatable bonds is 5. The van der Waals surface area contributed by atoms with E-state index in [0.29, 0.717) is 12.0 Å². The van der Waals surface area contributed by atoms with E-state index in [2.05, 4.69) is 6.58 Å². The minimum atomic E-state index is -1.03. The molecule has 0 bridgehead atoms. The molecule has 1 saturated heterocycles. The Bertz CT molecular complexity index is 765. The highest BCUT2D eigenvalue weighted by atomic mass is 16.6. The van der Waals surface area contributed by atoms with E-state index in [0.717, 1.165) is 0 Å². The second kappa shape index (κ2) is 10.0. The molecule has 2 aliphatic rings. The second-order valence-electron chi connectivity index (χ2n) is 7.79. The van der Waals surface area contributed by atoms with Crippen LogP contribution in [0.2, 0.25) is 0 Å². The topological polar surface area (TPSA) is 119 Å². The standard InChI is InChI=1S/C22H30O8/c1-6-11(2)21(26)29-18-7-12(3)16(25)9-17(28-14(5)24)15(10-23)8-19-20(18)13(4)22(27)30-19/h7-8,11,16-20,23,25H,4,6,9-10H2,1-3,5H3/b12-7-,15-8-/t11-,16-,17-,18-,19-,20+/m0/s1. The summed E-state index contributed by atoms with van der Waals surface area (Å²) in [6.45, 7) is 9.80. The van der Waals surface area contributed by atoms with Crippen LogP contribution >= 0.6 is 0 Å². The van der Waals surface area contributed by atoms with Crippen LogP contribution in [0.1, 0.15) is 40.5 Å². The maximum Gasteiger partial charge on any atom is 0.334 e. The fourth-order valence-corrected chi connectivity index (χ4v) is 3.47. The van der Waals surface area contributed by atoms with Crippen LogP contribution in [0.5, 0.6) is 0 Å². The lowest BCUT2D eigenvalue weighted by atomic mass is 9.85. The van der Waals surface area contributed by atoms with Crippen LogP contribution in [0.4, 0.5) is 0 Å². The summed E-state index contributed by atoms with van der Waals surface area (Å²) < 4.78 is 16.4. The van der Waals surface area contributed by atoms with E-state index in [1.165, 1.54) is 13.0 Å². The van der Waals surface area contributed by atoms with Gasteiger partial charge in [-0.2, -0.15) is 0 Å². The molecule has 0 unspecified atom stereocenters. The third kappa shape index (κ3) is 5.37. The van der Waals surface area contributed by atoms with Crippen molar-refractivity contribution in [2.24, 2.45) is 11.8 Å². The van der Waals surface area contributed by atoms with Gasteiger partial charge in [0.2, 0.25) is 0 Å². The maximum atomic E-state index is 12.5. The molecule has 0 aromatic carbocycles. The van der Waals surface area contributed by atoms with Gasteiger partial charge in [0.25, 0.3) is 0 Å². The Kier molecular flexibility index (Phi) is 7.97. The Morgan fingerprint density at radius 3 is 2.57 bits per heavy atom. The van der Waals surface area contributed by atoms with Gasteiger partial charge >= 0.3 is 17.9 Å². The predicted octanol–water partition coefficient (Wildman–Crippen LogP) is 1.60. The molecule has 6 atom stereocenters. The lowest BCUT2D eigenvalue weighted by molar-refractivity contribution is -0.154. The van der Waals surface area contributed by atoms with Gasteiger partial charge in [0.15, 0.2) is 0 Å². The van der Waals surface area contributed by atoms with Crippen molar-refractivity contribution in [3.63, 3.8) is 0 Å². The smallest absolute Gasteiger partial charge is 0.334 e. The Labute approximate surface area is 176 Å². The molecule has 2 rings (SSSR count). The summed E-state index contributed by atoms with van der Waals surface area (Å²) in [5.41, 5.74) is 0.876. The summed E-state index contributed by atoms with van der Waals surface area (Å²) in [6.07, 6.45) is -0.0639. The summed E-state index contributed by atoms with van der Waals surface area (Å²) in [4.78, 5) is 36.2. The number of esters is 3. The van der Waals surface area contributed by atoms with E-state index in [4.69, 9.17) is 14.2 Å². The van der Waals surface area contributed by atoms with Gasteiger partial charge in [-0.25, -0.2) is 4.79 Å². The van der Waals surface area contributed by atoms with Crippen molar-refractivity contribution in [1.82, 2.24) is 0 Å². The van der Waals surface area contributed by atoms with Crippen LogP contribution in [0.25, 0.3) is 0 Å². The van der Waals surface area contributed by atoms with Crippen molar-refractivity contribution in [2.45, 2.75) is 65.0 Å². The molecule has 0 aromatic heterocycles. The van der Waals surface area contributed by atoms with E-state index >= 15 is 0 Å². The first kappa shape index (κ1) is 23.8. The summed E-state index contributed by atoms with van der Waals surface area (Å²) in [5.74, 6) is -2.74. The average Bonchev–Trinajstić information content (AvgIpc) is 2.96. The van der Waals surface area contributed by atoms with Crippen LogP contribution in [-0.4, -0.2) is 59.1 Å². The molecule has 8 heteroatoms. The van der Waals surface area contributed by atoms with Crippen molar-refractivity contribution < 1.29 is 38.8 Å². The number of aliphatic hydroxyl groups excluding tert-OH is 2. The largest absolute Gasteiger partial charge is 0.458 e. The minimum Gasteiger partial charge on any atom is -0.458 e. The van der Waals surface area contributed by atoms with E-state index in [1.807, 2.05) is 6.92 Å². The fraction of sp³-hybridized carbons (Fsp3) is 0.591. The highest BCUT2D eigenvalue weighted by molar-refractivity contribution is 5.91. The number of hydrogen-bond acceptors (Lipinski definition) is 8. The maximum absolute atomic E-state index is 12.5. The number of fused-ring (bicyclic) bond motifs is 1. The Morgan fingerprint density at radius 2 is 2.00 bits per heavy atom. The Morgan fingerprint density at radius 1 is 1.33 bits per heavy atom. The number of carbonyl (C=O) groups is 3. The van der Waals surface area contributed by atoms with E-state index in [9.17, 15) is 24.6 Å². The van der Waals surface area contributed by atoms with Gasteiger partial charge in [0.05, 0.1) is 24.5 Å². The average molecular weight is 422 g/mol. The van der Waals surface area contributed by atoms with E-state index in [1.54, 1.807) is 19.9 Å². The molecular weight excluding hydrogens is 392 g/mol. The van der Waals surface area contributed by atoms with Crippen LogP contribution in [0.15, 0.2) is 35.5 Å². The zero-order valence-electron chi connectivity index (χ0n) is 17.8. The van der Waals surface area contributed by atoms with Gasteiger partial charge in [-0.15, -0.1) is 0 Å². The van der Waals surface area contributed by atoms with Gasteiger partial charge in [0.1, 0.15) is 18.3 Å². The van der Waals surface area contributed by atoms with Crippen LogP contribution in [-0.2, 0) is 28.6 Å². The molecule has 1 aliphatic carbocycles. The molecule has 0 radical (unpaired) electrons. The molecule has 0 saturated carbocycles. The van der Waals surface area contributed by atoms with Crippen molar-refractivity contribution in [2.75, 3.05) is 6.61 Å². The van der Waals surface area contributed by atoms with Crippen LogP contribution in [0, 0.1) is 11.8 Å². The molecule has 2 N–H and O–H groups in total. The van der Waals surface area contributed by atoms with Crippen LogP contribution in [0.3, 0.4) is 0 Å². The third-order valence-corrected chi connectivity index (χ3v) is 5.56. The van der Waals surface area contributed by atoms with Gasteiger partial charge in [-0.05, 0) is 36.6 Å². The number of aliphatic hydroxyl groups is 2. The van der Waals surface area contributed by atoms with Gasteiger partial charge in [-0.3, -0.25) is 9.59 Å². The molecule has 1 fully saturated rings. The van der Waals surface area contributed by atoms with Crippen molar-refractivity contribution in [3.05, 3.63) is 35.5 Å². The van der Waals surface area contributed by atoms with Gasteiger partial charge < -0.3 is 24.4 Å². The second-order valence-corrected chi connectivity index (χ2v) is 7.79. The third-order valence-electron chi connectivity index (χ3n) is 5.56. The van der Waals surface area contributed by atoms with Crippen LogP contribution < -0.4 is 0 Å². The predicted molar refractivity (Wildman–Crippen MR) is 107 cm³/mol. The first-order chi connectivity index (χ1) is 14.1. The summed E-state index contributed by atoms with van der Waals surface area (Å²) in [5, 5.41) is 20.5. The van der Waals surface area contributed by atoms with Crippen molar-refractivity contribution in [3.8, 4) is 0 Å². The SMILES string of the molecule is C=C1C(=O)O[C@H]2/C=C(/CO)[C@@H](OC(C)=O)C[C@H](O)/C(C)=C\[C@H](OC(=O)[C@@H](C)CC)[C@@H]12. The number of carbonyl (C=O) groups excluding carboxylic acids is 3. The molecule has 1 heterocycles. The molecule has 8 nitrogen and oxygen atoms in total. The number of hydrogen-bond donors (Lipinski definition) is 2. The molecular formula is C22H30O8. The first-order valence-corrected chi connectivity index (χ1v) is 10.0. The summed E-state index contributed by atoms with van der Waals surface area (Å²) in [6, 6.07) is 0. The summed E-state index contributed by atoms with van der Waals surface area (Å²) >= 11 is 0. The number of ether oxygens (including phenoxy) is 3. The van der Waals surface area contributed by atoms with Gasteiger partial charge in [0, 0.05) is 18.9 Å². The van der Waals surface area contributed by atoms with E-state index < -0.39 is 54.8 Å². The van der Waals surface area contributed by atoms with Crippen molar-refractivity contribution in [1.29, 1.82) is 0 Å². The molecule has 166 valence electrons. The monoisotopic (exact) mass is 422 g/mol. The minimum absolute atomic E-state index is 0.00733. The Balaban J connectivity index is 2.53. The lowest BCUT2D eigenvalue weighted by Gasteiger charge is -2.29. The normalized spacial score (nSPS) is 33.9. The lowest BCUT2D eigenvalue weighted by Crippen LogP contribution is -2.36. The molecule has 0 aromatic rings. The first-order valence-electron chi connectivity index (χ1n) is 10.0.